The van der Waals surface area contributed by atoms with Gasteiger partial charge in [0, 0.05) is 23.4 Å². The molecule has 3 rings (SSSR count). The fourth-order valence-corrected chi connectivity index (χ4v) is 3.35. The molecule has 7 nitrogen and oxygen atoms in total. The van der Waals surface area contributed by atoms with Crippen LogP contribution < -0.4 is 15.1 Å². The number of hydrogen-bond donors (Lipinski definition) is 4. The van der Waals surface area contributed by atoms with Crippen molar-refractivity contribution >= 4 is 46.8 Å². The normalized spacial score (nSPS) is 11.7. The van der Waals surface area contributed by atoms with Crippen LogP contribution in [0.5, 0.6) is 0 Å². The Balaban J connectivity index is 1.95. The number of hydrogen-bond acceptors (Lipinski definition) is 4. The highest BCUT2D eigenvalue weighted by Gasteiger charge is 2.22. The number of carbonyl (C=O) groups excluding carboxylic acids is 1. The summed E-state index contributed by atoms with van der Waals surface area (Å²) in [6.45, 7) is 0. The smallest absolute Gasteiger partial charge is 0.423 e. The molecule has 4 N–H and O–H groups in total. The molecule has 3 aromatic rings. The van der Waals surface area contributed by atoms with Crippen LogP contribution in [0.4, 0.5) is 34.6 Å². The first-order chi connectivity index (χ1) is 15.1. The minimum Gasteiger partial charge on any atom is -0.423 e. The molecule has 0 aliphatic heterocycles. The van der Waals surface area contributed by atoms with E-state index in [1.807, 2.05) is 0 Å². The van der Waals surface area contributed by atoms with Gasteiger partial charge in [-0.25, -0.2) is 26.1 Å². The maximum absolute atomic E-state index is 14.5. The summed E-state index contributed by atoms with van der Waals surface area (Å²) in [5.41, 5.74) is -1.09. The molecule has 0 aliphatic carbocycles. The summed E-state index contributed by atoms with van der Waals surface area (Å²) < 4.78 is 76.5. The lowest BCUT2D eigenvalue weighted by atomic mass is 9.80. The van der Waals surface area contributed by atoms with Gasteiger partial charge in [-0.2, -0.15) is 0 Å². The van der Waals surface area contributed by atoms with Gasteiger partial charge in [-0.05, 0) is 35.8 Å². The molecule has 0 bridgehead atoms. The van der Waals surface area contributed by atoms with E-state index < -0.39 is 58.9 Å². The molecule has 13 heteroatoms. The van der Waals surface area contributed by atoms with Crippen molar-refractivity contribution in [3.63, 3.8) is 0 Å². The van der Waals surface area contributed by atoms with Gasteiger partial charge < -0.3 is 15.4 Å². The average molecular weight is 468 g/mol. The van der Waals surface area contributed by atoms with Crippen LogP contribution in [0.15, 0.2) is 54.6 Å². The van der Waals surface area contributed by atoms with Crippen LogP contribution in [0.1, 0.15) is 10.4 Å². The van der Waals surface area contributed by atoms with E-state index in [1.165, 1.54) is 24.3 Å². The van der Waals surface area contributed by atoms with Crippen molar-refractivity contribution in [1.29, 1.82) is 0 Å². The van der Waals surface area contributed by atoms with Crippen molar-refractivity contribution in [3.05, 3.63) is 83.4 Å². The van der Waals surface area contributed by atoms with E-state index >= 15 is 0 Å². The zero-order valence-electron chi connectivity index (χ0n) is 15.8. The number of benzene rings is 3. The monoisotopic (exact) mass is 468 g/mol. The third kappa shape index (κ3) is 4.97. The van der Waals surface area contributed by atoms with Gasteiger partial charge in [0.05, 0.1) is 11.4 Å². The second-order valence-corrected chi connectivity index (χ2v) is 7.19. The lowest BCUT2D eigenvalue weighted by Crippen LogP contribution is -2.30. The Morgan fingerprint density at radius 3 is 2.03 bits per heavy atom. The fourth-order valence-electron chi connectivity index (χ4n) is 2.74. The Morgan fingerprint density at radius 2 is 1.50 bits per heavy atom. The minimum atomic E-state index is -2.81. The van der Waals surface area contributed by atoms with Crippen LogP contribution in [0.25, 0.3) is 0 Å². The van der Waals surface area contributed by atoms with E-state index in [1.54, 1.807) is 0 Å². The summed E-state index contributed by atoms with van der Waals surface area (Å²) in [5.74, 6) is -6.71. The number of halogens is 4. The van der Waals surface area contributed by atoms with E-state index in [0.717, 1.165) is 18.2 Å². The number of anilines is 3. The Labute approximate surface area is 181 Å². The number of nitrogens with zero attached hydrogens (tertiary/aromatic N) is 1. The van der Waals surface area contributed by atoms with Gasteiger partial charge >= 0.3 is 7.12 Å². The van der Waals surface area contributed by atoms with E-state index in [2.05, 4.69) is 5.32 Å². The molecule has 0 radical (unpaired) electrons. The van der Waals surface area contributed by atoms with E-state index in [0.29, 0.717) is 16.4 Å². The van der Waals surface area contributed by atoms with E-state index in [4.69, 9.17) is 10.0 Å². The van der Waals surface area contributed by atoms with Gasteiger partial charge in [-0.3, -0.25) is 9.35 Å². The molecule has 166 valence electrons. The van der Waals surface area contributed by atoms with Crippen LogP contribution in [-0.2, 0) is 11.3 Å². The molecule has 0 aliphatic rings. The lowest BCUT2D eigenvalue weighted by molar-refractivity contribution is 0.102. The summed E-state index contributed by atoms with van der Waals surface area (Å²) in [6.07, 6.45) is 0. The SMILES string of the molecule is O=C(Nc1cc(F)c(F)c(F)c1)c1ccc(F)c(N(c2ccc(B(O)O)cc2)S(=O)O)c1. The lowest BCUT2D eigenvalue weighted by Gasteiger charge is -2.21. The van der Waals surface area contributed by atoms with E-state index in [-0.39, 0.29) is 16.7 Å². The molecule has 1 amide bonds. The number of carbonyl (C=O) groups is 1. The van der Waals surface area contributed by atoms with Crippen molar-refractivity contribution in [2.24, 2.45) is 0 Å². The van der Waals surface area contributed by atoms with Gasteiger partial charge in [-0.15, -0.1) is 0 Å². The van der Waals surface area contributed by atoms with Crippen LogP contribution in [-0.4, -0.2) is 31.8 Å². The summed E-state index contributed by atoms with van der Waals surface area (Å²) in [7, 11) is -1.79. The van der Waals surface area contributed by atoms with Crippen LogP contribution in [0, 0.1) is 23.3 Å². The van der Waals surface area contributed by atoms with Gasteiger partial charge in [0.25, 0.3) is 17.2 Å². The average Bonchev–Trinajstić information content (AvgIpc) is 2.73. The second kappa shape index (κ2) is 9.48. The third-order valence-electron chi connectivity index (χ3n) is 4.25. The molecular weight excluding hydrogens is 455 g/mol. The zero-order chi connectivity index (χ0) is 23.6. The van der Waals surface area contributed by atoms with Crippen molar-refractivity contribution < 1.29 is 41.2 Å². The predicted molar refractivity (Wildman–Crippen MR) is 110 cm³/mol. The van der Waals surface area contributed by atoms with Crippen LogP contribution in [0.2, 0.25) is 0 Å². The molecule has 0 aromatic heterocycles. The molecule has 0 spiro atoms. The first-order valence-electron chi connectivity index (χ1n) is 8.71. The number of rotatable bonds is 6. The van der Waals surface area contributed by atoms with Gasteiger partial charge in [0.1, 0.15) is 5.82 Å². The second-order valence-electron chi connectivity index (χ2n) is 6.36. The Bertz CT molecular complexity index is 1170. The first kappa shape index (κ1) is 23.4. The molecule has 3 aromatic carbocycles. The molecule has 1 atom stereocenters. The van der Waals surface area contributed by atoms with Crippen molar-refractivity contribution in [3.8, 4) is 0 Å². The number of nitrogens with one attached hydrogen (secondary N) is 1. The topological polar surface area (TPSA) is 110 Å². The minimum absolute atomic E-state index is 0.0191. The van der Waals surface area contributed by atoms with Crippen LogP contribution >= 0.6 is 0 Å². The predicted octanol–water partition coefficient (Wildman–Crippen LogP) is 2.45. The Hall–Kier alpha value is -3.26. The summed E-state index contributed by atoms with van der Waals surface area (Å²) >= 11 is -2.81. The zero-order valence-corrected chi connectivity index (χ0v) is 16.6. The van der Waals surface area contributed by atoms with Gasteiger partial charge in [0.15, 0.2) is 17.5 Å². The van der Waals surface area contributed by atoms with E-state index in [9.17, 15) is 31.1 Å². The van der Waals surface area contributed by atoms with Gasteiger partial charge in [0.2, 0.25) is 0 Å². The van der Waals surface area contributed by atoms with Crippen molar-refractivity contribution in [1.82, 2.24) is 0 Å². The maximum atomic E-state index is 14.5. The quantitative estimate of drug-likeness (QED) is 0.192. The largest absolute Gasteiger partial charge is 0.488 e. The highest BCUT2D eigenvalue weighted by Crippen LogP contribution is 2.30. The van der Waals surface area contributed by atoms with Crippen molar-refractivity contribution in [2.45, 2.75) is 0 Å². The summed E-state index contributed by atoms with van der Waals surface area (Å²) in [6, 6.07) is 8.77. The summed E-state index contributed by atoms with van der Waals surface area (Å²) in [5, 5.41) is 20.4. The van der Waals surface area contributed by atoms with Gasteiger partial charge in [-0.1, -0.05) is 12.1 Å². The Kier molecular flexibility index (Phi) is 6.94. The molecular formula is C19H13BF4N2O5S. The van der Waals surface area contributed by atoms with Crippen molar-refractivity contribution in [2.75, 3.05) is 9.62 Å². The highest BCUT2D eigenvalue weighted by molar-refractivity contribution is 7.81. The summed E-state index contributed by atoms with van der Waals surface area (Å²) in [4.78, 5) is 12.4. The first-order valence-corrected chi connectivity index (χ1v) is 9.77. The maximum Gasteiger partial charge on any atom is 0.488 e. The molecule has 0 fully saturated rings. The molecule has 32 heavy (non-hydrogen) atoms. The highest BCUT2D eigenvalue weighted by atomic mass is 32.2. The molecule has 0 saturated heterocycles. The molecule has 0 saturated carbocycles. The fraction of sp³-hybridized carbons (Fsp3) is 0. The van der Waals surface area contributed by atoms with Crippen LogP contribution in [0.3, 0.4) is 0 Å². The Morgan fingerprint density at radius 1 is 0.906 bits per heavy atom. The standard InChI is InChI=1S/C19H13BF4N2O5S/c21-14-6-1-10(19(27)25-12-8-15(22)18(24)16(23)9-12)7-17(14)26(32(30)31)13-4-2-11(3-5-13)20(28)29/h1-9,28-29H,(H,25,27)(H,30,31). The number of amides is 1. The molecule has 0 heterocycles. The third-order valence-corrected chi connectivity index (χ3v) is 4.97. The molecule has 1 unspecified atom stereocenters.